The van der Waals surface area contributed by atoms with Crippen molar-refractivity contribution in [3.05, 3.63) is 54.2 Å². The Morgan fingerprint density at radius 3 is 2.05 bits per heavy atom. The lowest BCUT2D eigenvalue weighted by Gasteiger charge is -2.13. The number of rotatable bonds is 3. The van der Waals surface area contributed by atoms with Gasteiger partial charge in [-0.1, -0.05) is 26.0 Å². The number of benzene rings is 2. The molecule has 0 bridgehead atoms. The van der Waals surface area contributed by atoms with Crippen LogP contribution in [-0.4, -0.2) is 17.1 Å². The predicted octanol–water partition coefficient (Wildman–Crippen LogP) is 4.43. The fourth-order valence-corrected chi connectivity index (χ4v) is 2.38. The maximum atomic E-state index is 5.22. The second-order valence-corrected chi connectivity index (χ2v) is 5.33. The first-order chi connectivity index (χ1) is 10.2. The average Bonchev–Trinajstić information content (AvgIpc) is 2.53. The first kappa shape index (κ1) is 13.6. The molecule has 3 aromatic rings. The van der Waals surface area contributed by atoms with Gasteiger partial charge in [-0.2, -0.15) is 0 Å². The van der Waals surface area contributed by atoms with E-state index in [-0.39, 0.29) is 0 Å². The van der Waals surface area contributed by atoms with Gasteiger partial charge in [0.2, 0.25) is 0 Å². The van der Waals surface area contributed by atoms with E-state index in [1.807, 2.05) is 48.5 Å². The Morgan fingerprint density at radius 1 is 0.857 bits per heavy atom. The van der Waals surface area contributed by atoms with Crippen LogP contribution >= 0.6 is 0 Å². The van der Waals surface area contributed by atoms with Crippen LogP contribution in [0.1, 0.15) is 25.5 Å². The number of hydrogen-bond acceptors (Lipinski definition) is 3. The molecule has 0 unspecified atom stereocenters. The topological polar surface area (TPSA) is 35.0 Å². The molecule has 0 saturated carbocycles. The standard InChI is InChI=1S/C18H18N2O/c1-12(2)17-18(13-8-10-14(21-3)11-9-13)20-16-7-5-4-6-15(16)19-17/h4-12H,1-3H3. The fraction of sp³-hybridized carbons (Fsp3) is 0.222. The van der Waals surface area contributed by atoms with Gasteiger partial charge in [0.1, 0.15) is 5.75 Å². The summed E-state index contributed by atoms with van der Waals surface area (Å²) < 4.78 is 5.22. The van der Waals surface area contributed by atoms with Crippen LogP contribution in [0, 0.1) is 0 Å². The van der Waals surface area contributed by atoms with Crippen LogP contribution in [0.5, 0.6) is 5.75 Å². The van der Waals surface area contributed by atoms with E-state index < -0.39 is 0 Å². The van der Waals surface area contributed by atoms with Gasteiger partial charge in [-0.3, -0.25) is 0 Å². The summed E-state index contributed by atoms with van der Waals surface area (Å²) in [4.78, 5) is 9.62. The maximum absolute atomic E-state index is 5.22. The molecule has 0 spiro atoms. The lowest BCUT2D eigenvalue weighted by atomic mass is 10.0. The van der Waals surface area contributed by atoms with Crippen molar-refractivity contribution < 1.29 is 4.74 Å². The van der Waals surface area contributed by atoms with E-state index in [2.05, 4.69) is 13.8 Å². The molecule has 0 N–H and O–H groups in total. The number of hydrogen-bond donors (Lipinski definition) is 0. The van der Waals surface area contributed by atoms with Gasteiger partial charge in [-0.05, 0) is 42.3 Å². The summed E-state index contributed by atoms with van der Waals surface area (Å²) in [6.45, 7) is 4.29. The van der Waals surface area contributed by atoms with Crippen LogP contribution in [0.4, 0.5) is 0 Å². The molecule has 3 heteroatoms. The van der Waals surface area contributed by atoms with Crippen LogP contribution in [0.25, 0.3) is 22.3 Å². The van der Waals surface area contributed by atoms with E-state index in [1.54, 1.807) is 7.11 Å². The SMILES string of the molecule is COc1ccc(-c2nc3ccccc3nc2C(C)C)cc1. The Bertz CT molecular complexity index is 764. The Hall–Kier alpha value is -2.42. The van der Waals surface area contributed by atoms with E-state index in [4.69, 9.17) is 14.7 Å². The molecule has 1 aromatic heterocycles. The highest BCUT2D eigenvalue weighted by atomic mass is 16.5. The third-order valence-corrected chi connectivity index (χ3v) is 3.51. The second-order valence-electron chi connectivity index (χ2n) is 5.33. The molecule has 0 aliphatic heterocycles. The molecule has 1 heterocycles. The summed E-state index contributed by atoms with van der Waals surface area (Å²) in [7, 11) is 1.67. The van der Waals surface area contributed by atoms with Crippen LogP contribution < -0.4 is 4.74 Å². The third kappa shape index (κ3) is 2.59. The van der Waals surface area contributed by atoms with Gasteiger partial charge in [-0.15, -0.1) is 0 Å². The number of para-hydroxylation sites is 2. The number of methoxy groups -OCH3 is 1. The van der Waals surface area contributed by atoms with Crippen LogP contribution in [0.3, 0.4) is 0 Å². The summed E-state index contributed by atoms with van der Waals surface area (Å²) >= 11 is 0. The number of fused-ring (bicyclic) bond motifs is 1. The number of ether oxygens (including phenoxy) is 1. The Morgan fingerprint density at radius 2 is 1.48 bits per heavy atom. The lowest BCUT2D eigenvalue weighted by molar-refractivity contribution is 0.415. The van der Waals surface area contributed by atoms with Crippen LogP contribution in [-0.2, 0) is 0 Å². The summed E-state index contributed by atoms with van der Waals surface area (Å²) in [5, 5.41) is 0. The van der Waals surface area contributed by atoms with Crippen molar-refractivity contribution in [3.8, 4) is 17.0 Å². The van der Waals surface area contributed by atoms with Crippen molar-refractivity contribution >= 4 is 11.0 Å². The summed E-state index contributed by atoms with van der Waals surface area (Å²) in [6, 6.07) is 16.0. The van der Waals surface area contributed by atoms with E-state index in [1.165, 1.54) is 0 Å². The highest BCUT2D eigenvalue weighted by Crippen LogP contribution is 2.29. The van der Waals surface area contributed by atoms with Gasteiger partial charge in [0.15, 0.2) is 0 Å². The smallest absolute Gasteiger partial charge is 0.118 e. The molecular weight excluding hydrogens is 260 g/mol. The highest BCUT2D eigenvalue weighted by molar-refractivity contribution is 5.78. The van der Waals surface area contributed by atoms with Gasteiger partial charge in [0, 0.05) is 5.56 Å². The van der Waals surface area contributed by atoms with Crippen molar-refractivity contribution in [3.63, 3.8) is 0 Å². The summed E-state index contributed by atoms with van der Waals surface area (Å²) in [5.74, 6) is 1.16. The molecule has 106 valence electrons. The average molecular weight is 278 g/mol. The molecule has 2 aromatic carbocycles. The molecule has 0 radical (unpaired) electrons. The number of nitrogens with zero attached hydrogens (tertiary/aromatic N) is 2. The monoisotopic (exact) mass is 278 g/mol. The molecule has 0 amide bonds. The quantitative estimate of drug-likeness (QED) is 0.711. The van der Waals surface area contributed by atoms with E-state index >= 15 is 0 Å². The first-order valence-corrected chi connectivity index (χ1v) is 7.10. The van der Waals surface area contributed by atoms with E-state index in [0.29, 0.717) is 5.92 Å². The van der Waals surface area contributed by atoms with Gasteiger partial charge in [-0.25, -0.2) is 9.97 Å². The van der Waals surface area contributed by atoms with Gasteiger partial charge in [0.25, 0.3) is 0 Å². The normalized spacial score (nSPS) is 11.0. The molecule has 0 fully saturated rings. The van der Waals surface area contributed by atoms with Crippen molar-refractivity contribution in [2.75, 3.05) is 7.11 Å². The highest BCUT2D eigenvalue weighted by Gasteiger charge is 2.13. The number of aromatic nitrogens is 2. The van der Waals surface area contributed by atoms with Crippen molar-refractivity contribution in [1.29, 1.82) is 0 Å². The van der Waals surface area contributed by atoms with Crippen molar-refractivity contribution in [2.45, 2.75) is 19.8 Å². The summed E-state index contributed by atoms with van der Waals surface area (Å²) in [6.07, 6.45) is 0. The second kappa shape index (κ2) is 5.52. The first-order valence-electron chi connectivity index (χ1n) is 7.10. The minimum atomic E-state index is 0.319. The fourth-order valence-electron chi connectivity index (χ4n) is 2.38. The minimum absolute atomic E-state index is 0.319. The molecule has 21 heavy (non-hydrogen) atoms. The maximum Gasteiger partial charge on any atom is 0.118 e. The van der Waals surface area contributed by atoms with E-state index in [9.17, 15) is 0 Å². The Labute approximate surface area is 124 Å². The van der Waals surface area contributed by atoms with Gasteiger partial charge < -0.3 is 4.74 Å². The zero-order valence-corrected chi connectivity index (χ0v) is 12.5. The summed E-state index contributed by atoms with van der Waals surface area (Å²) in [5.41, 5.74) is 4.91. The zero-order valence-electron chi connectivity index (χ0n) is 12.5. The molecule has 3 nitrogen and oxygen atoms in total. The Kier molecular flexibility index (Phi) is 3.57. The molecule has 0 aliphatic rings. The van der Waals surface area contributed by atoms with Crippen LogP contribution in [0.2, 0.25) is 0 Å². The van der Waals surface area contributed by atoms with Gasteiger partial charge >= 0.3 is 0 Å². The molecule has 0 atom stereocenters. The minimum Gasteiger partial charge on any atom is -0.497 e. The molecular formula is C18H18N2O. The molecule has 0 saturated heterocycles. The largest absolute Gasteiger partial charge is 0.497 e. The van der Waals surface area contributed by atoms with Crippen molar-refractivity contribution in [1.82, 2.24) is 9.97 Å². The molecule has 0 aliphatic carbocycles. The third-order valence-electron chi connectivity index (χ3n) is 3.51. The lowest BCUT2D eigenvalue weighted by Crippen LogP contribution is -2.00. The Balaban J connectivity index is 2.20. The zero-order chi connectivity index (χ0) is 14.8. The van der Waals surface area contributed by atoms with Gasteiger partial charge in [0.05, 0.1) is 29.5 Å². The van der Waals surface area contributed by atoms with Crippen LogP contribution in [0.15, 0.2) is 48.5 Å². The van der Waals surface area contributed by atoms with E-state index in [0.717, 1.165) is 33.7 Å². The molecule has 3 rings (SSSR count). The van der Waals surface area contributed by atoms with Crippen molar-refractivity contribution in [2.24, 2.45) is 0 Å². The predicted molar refractivity (Wildman–Crippen MR) is 85.6 cm³/mol.